The first-order valence-corrected chi connectivity index (χ1v) is 3.78. The third-order valence-corrected chi connectivity index (χ3v) is 1.93. The number of hydrogen-bond donors (Lipinski definition) is 0. The maximum Gasteiger partial charge on any atom is 0.0365 e. The highest BCUT2D eigenvalue weighted by Crippen LogP contribution is 2.18. The molecule has 0 atom stereocenters. The predicted molar refractivity (Wildman–Crippen MR) is 42.3 cm³/mol. The Kier molecular flexibility index (Phi) is 1.35. The Balaban J connectivity index is 2.27. The molecular formula is C9H11N. The van der Waals surface area contributed by atoms with Crippen molar-refractivity contribution >= 4 is 0 Å². The van der Waals surface area contributed by atoms with Crippen LogP contribution in [-0.4, -0.2) is 11.4 Å². The van der Waals surface area contributed by atoms with Gasteiger partial charge in [-0.2, -0.15) is 0 Å². The smallest absolute Gasteiger partial charge is 0.0365 e. The molecule has 0 aromatic rings. The van der Waals surface area contributed by atoms with E-state index in [1.165, 1.54) is 25.1 Å². The van der Waals surface area contributed by atoms with Gasteiger partial charge in [0.05, 0.1) is 0 Å². The van der Waals surface area contributed by atoms with Crippen LogP contribution in [-0.2, 0) is 0 Å². The number of hydrogen-bond acceptors (Lipinski definition) is 1. The second-order valence-corrected chi connectivity index (χ2v) is 2.67. The topological polar surface area (TPSA) is 3.24 Å². The van der Waals surface area contributed by atoms with Gasteiger partial charge in [-0.1, -0.05) is 12.2 Å². The molecule has 1 nitrogen and oxygen atoms in total. The van der Waals surface area contributed by atoms with Gasteiger partial charge in [-0.15, -0.1) is 0 Å². The Bertz CT molecular complexity index is 211. The monoisotopic (exact) mass is 133 g/mol. The molecule has 0 saturated heterocycles. The summed E-state index contributed by atoms with van der Waals surface area (Å²) in [6.45, 7) is 1.19. The Labute approximate surface area is 61.3 Å². The predicted octanol–water partition coefficient (Wildman–Crippen LogP) is 2.05. The van der Waals surface area contributed by atoms with Crippen molar-refractivity contribution in [3.8, 4) is 0 Å². The van der Waals surface area contributed by atoms with Crippen LogP contribution in [0.1, 0.15) is 12.8 Å². The molecule has 0 aliphatic carbocycles. The molecule has 0 unspecified atom stereocenters. The summed E-state index contributed by atoms with van der Waals surface area (Å²) in [5.74, 6) is 0. The van der Waals surface area contributed by atoms with Gasteiger partial charge in [0.25, 0.3) is 0 Å². The molecule has 2 aliphatic heterocycles. The highest BCUT2D eigenvalue weighted by Gasteiger charge is 2.08. The molecule has 0 aromatic carbocycles. The largest absolute Gasteiger partial charge is 0.348 e. The molecular weight excluding hydrogens is 122 g/mol. The van der Waals surface area contributed by atoms with Gasteiger partial charge in [-0.3, -0.25) is 0 Å². The third kappa shape index (κ3) is 0.878. The van der Waals surface area contributed by atoms with Crippen LogP contribution in [0.3, 0.4) is 0 Å². The lowest BCUT2D eigenvalue weighted by molar-refractivity contribution is 0.439. The zero-order chi connectivity index (χ0) is 6.81. The molecule has 0 radical (unpaired) electrons. The molecule has 2 rings (SSSR count). The molecule has 0 aromatic heterocycles. The minimum absolute atomic E-state index is 1.19. The molecule has 2 aliphatic rings. The van der Waals surface area contributed by atoms with Gasteiger partial charge in [0.15, 0.2) is 0 Å². The number of rotatable bonds is 0. The average Bonchev–Trinajstić information content (AvgIpc) is 2.05. The van der Waals surface area contributed by atoms with Crippen molar-refractivity contribution < 1.29 is 0 Å². The summed E-state index contributed by atoms with van der Waals surface area (Å²) >= 11 is 0. The summed E-state index contributed by atoms with van der Waals surface area (Å²) in [7, 11) is 0. The van der Waals surface area contributed by atoms with Crippen molar-refractivity contribution in [2.24, 2.45) is 0 Å². The van der Waals surface area contributed by atoms with E-state index in [9.17, 15) is 0 Å². The lowest BCUT2D eigenvalue weighted by Crippen LogP contribution is -2.21. The second kappa shape index (κ2) is 2.33. The fourth-order valence-corrected chi connectivity index (χ4v) is 1.39. The maximum atomic E-state index is 2.30. The van der Waals surface area contributed by atoms with E-state index in [1.807, 2.05) is 0 Å². The quantitative estimate of drug-likeness (QED) is 0.489. The zero-order valence-electron chi connectivity index (χ0n) is 5.96. The fourth-order valence-electron chi connectivity index (χ4n) is 1.39. The Morgan fingerprint density at radius 1 is 1.30 bits per heavy atom. The first-order valence-electron chi connectivity index (χ1n) is 3.78. The van der Waals surface area contributed by atoms with Crippen molar-refractivity contribution in [3.63, 3.8) is 0 Å². The van der Waals surface area contributed by atoms with E-state index in [2.05, 4.69) is 35.4 Å². The van der Waals surface area contributed by atoms with Gasteiger partial charge < -0.3 is 4.90 Å². The van der Waals surface area contributed by atoms with E-state index >= 15 is 0 Å². The number of nitrogens with zero attached hydrogens (tertiary/aromatic N) is 1. The van der Waals surface area contributed by atoms with Crippen molar-refractivity contribution in [2.75, 3.05) is 6.54 Å². The third-order valence-electron chi connectivity index (χ3n) is 1.93. The summed E-state index contributed by atoms with van der Waals surface area (Å²) in [6, 6.07) is 0. The summed E-state index contributed by atoms with van der Waals surface area (Å²) in [4.78, 5) is 2.30. The van der Waals surface area contributed by atoms with Crippen LogP contribution in [0, 0.1) is 0 Å². The van der Waals surface area contributed by atoms with Crippen LogP contribution in [0.15, 0.2) is 36.2 Å². The Morgan fingerprint density at radius 3 is 3.20 bits per heavy atom. The van der Waals surface area contributed by atoms with E-state index in [-0.39, 0.29) is 0 Å². The molecule has 0 fully saturated rings. The van der Waals surface area contributed by atoms with Gasteiger partial charge in [-0.05, 0) is 25.0 Å². The molecule has 1 heteroatoms. The summed E-state index contributed by atoms with van der Waals surface area (Å²) < 4.78 is 0. The van der Waals surface area contributed by atoms with Crippen molar-refractivity contribution in [1.29, 1.82) is 0 Å². The lowest BCUT2D eigenvalue weighted by atomic mass is 10.1. The normalized spacial score (nSPS) is 22.4. The summed E-state index contributed by atoms with van der Waals surface area (Å²) in [5.41, 5.74) is 1.37. The molecule has 2 heterocycles. The van der Waals surface area contributed by atoms with Gasteiger partial charge in [0.2, 0.25) is 0 Å². The van der Waals surface area contributed by atoms with Crippen LogP contribution in [0.2, 0.25) is 0 Å². The lowest BCUT2D eigenvalue weighted by Gasteiger charge is -2.26. The maximum absolute atomic E-state index is 2.30. The van der Waals surface area contributed by atoms with Crippen molar-refractivity contribution in [1.82, 2.24) is 4.90 Å². The SMILES string of the molecule is C1=CC2=CCCCN2C=C1. The number of fused-ring (bicyclic) bond motifs is 1. The zero-order valence-corrected chi connectivity index (χ0v) is 5.96. The molecule has 0 bridgehead atoms. The molecule has 10 heavy (non-hydrogen) atoms. The van der Waals surface area contributed by atoms with Crippen LogP contribution >= 0.6 is 0 Å². The minimum atomic E-state index is 1.19. The van der Waals surface area contributed by atoms with E-state index in [0.717, 1.165) is 0 Å². The van der Waals surface area contributed by atoms with Gasteiger partial charge in [0.1, 0.15) is 0 Å². The fraction of sp³-hybridized carbons (Fsp3) is 0.333. The molecule has 0 saturated carbocycles. The molecule has 0 N–H and O–H groups in total. The van der Waals surface area contributed by atoms with Crippen molar-refractivity contribution in [3.05, 3.63) is 36.2 Å². The number of allylic oxidation sites excluding steroid dienone is 4. The first kappa shape index (κ1) is 5.78. The Hall–Kier alpha value is -0.980. The standard InChI is InChI=1S/C9H11N/c1-3-7-10-8-4-2-6-9(10)5-1/h1,3,5-7H,2,4,8H2. The van der Waals surface area contributed by atoms with E-state index in [1.54, 1.807) is 0 Å². The van der Waals surface area contributed by atoms with Crippen LogP contribution in [0.5, 0.6) is 0 Å². The summed E-state index contributed by atoms with van der Waals surface area (Å²) in [5, 5.41) is 0. The molecule has 52 valence electrons. The van der Waals surface area contributed by atoms with Gasteiger partial charge in [0, 0.05) is 18.4 Å². The van der Waals surface area contributed by atoms with E-state index < -0.39 is 0 Å². The second-order valence-electron chi connectivity index (χ2n) is 2.67. The minimum Gasteiger partial charge on any atom is -0.348 e. The van der Waals surface area contributed by atoms with Crippen LogP contribution < -0.4 is 0 Å². The van der Waals surface area contributed by atoms with Gasteiger partial charge >= 0.3 is 0 Å². The average molecular weight is 133 g/mol. The van der Waals surface area contributed by atoms with Crippen molar-refractivity contribution in [2.45, 2.75) is 12.8 Å². The highest BCUT2D eigenvalue weighted by atomic mass is 15.1. The molecule has 0 spiro atoms. The molecule has 0 amide bonds. The Morgan fingerprint density at radius 2 is 2.30 bits per heavy atom. The van der Waals surface area contributed by atoms with Crippen LogP contribution in [0.4, 0.5) is 0 Å². The first-order chi connectivity index (χ1) is 4.97. The van der Waals surface area contributed by atoms with E-state index in [0.29, 0.717) is 0 Å². The van der Waals surface area contributed by atoms with E-state index in [4.69, 9.17) is 0 Å². The highest BCUT2D eigenvalue weighted by molar-refractivity contribution is 5.28. The summed E-state index contributed by atoms with van der Waals surface area (Å²) in [6.07, 6.45) is 13.3. The van der Waals surface area contributed by atoms with Gasteiger partial charge in [-0.25, -0.2) is 0 Å². The van der Waals surface area contributed by atoms with Crippen LogP contribution in [0.25, 0.3) is 0 Å².